The summed E-state index contributed by atoms with van der Waals surface area (Å²) in [6.45, 7) is 1.48. The van der Waals surface area contributed by atoms with E-state index in [1.54, 1.807) is 13.1 Å². The summed E-state index contributed by atoms with van der Waals surface area (Å²) in [5.74, 6) is 5.29. The molecular weight excluding hydrogens is 569 g/mol. The number of aromatic hydroxyl groups is 1. The summed E-state index contributed by atoms with van der Waals surface area (Å²) < 4.78 is 45.4. The van der Waals surface area contributed by atoms with E-state index in [4.69, 9.17) is 4.74 Å². The van der Waals surface area contributed by atoms with E-state index in [9.17, 15) is 28.2 Å². The Bertz CT molecular complexity index is 1670. The summed E-state index contributed by atoms with van der Waals surface area (Å²) >= 11 is 0. The number of likely N-dealkylation sites (tertiary alicyclic amines) is 1. The van der Waals surface area contributed by atoms with Crippen LogP contribution in [0.2, 0.25) is 0 Å². The fraction of sp³-hybridized carbons (Fsp3) is 0.400. The minimum absolute atomic E-state index is 0.0585. The summed E-state index contributed by atoms with van der Waals surface area (Å²) in [6, 6.07) is 17.3. The first-order valence-corrected chi connectivity index (χ1v) is 15.0. The third kappa shape index (κ3) is 4.22. The van der Waals surface area contributed by atoms with Gasteiger partial charge in [0, 0.05) is 36.7 Å². The van der Waals surface area contributed by atoms with Gasteiger partial charge in [-0.2, -0.15) is 13.2 Å². The van der Waals surface area contributed by atoms with Crippen LogP contribution in [-0.4, -0.2) is 69.8 Å². The van der Waals surface area contributed by atoms with Crippen LogP contribution in [0.5, 0.6) is 11.5 Å². The highest BCUT2D eigenvalue weighted by Crippen LogP contribution is 2.65. The molecule has 0 radical (unpaired) electrons. The van der Waals surface area contributed by atoms with Crippen molar-refractivity contribution in [2.45, 2.75) is 67.5 Å². The molecule has 3 aromatic carbocycles. The van der Waals surface area contributed by atoms with Crippen molar-refractivity contribution in [3.63, 3.8) is 0 Å². The number of amides is 1. The highest BCUT2D eigenvalue weighted by atomic mass is 19.4. The van der Waals surface area contributed by atoms with Gasteiger partial charge in [-0.05, 0) is 80.1 Å². The molecule has 6 nitrogen and oxygen atoms in total. The number of ether oxygens (including phenoxy) is 1. The Kier molecular flexibility index (Phi) is 6.72. The van der Waals surface area contributed by atoms with E-state index in [0.717, 1.165) is 42.8 Å². The lowest BCUT2D eigenvalue weighted by atomic mass is 9.47. The van der Waals surface area contributed by atoms with Gasteiger partial charge in [-0.3, -0.25) is 9.69 Å². The molecule has 0 aromatic heterocycles. The van der Waals surface area contributed by atoms with Gasteiger partial charge in [0.15, 0.2) is 11.5 Å². The third-order valence-corrected chi connectivity index (χ3v) is 10.4. The van der Waals surface area contributed by atoms with Gasteiger partial charge >= 0.3 is 6.18 Å². The average Bonchev–Trinajstić information content (AvgIpc) is 3.35. The first kappa shape index (κ1) is 28.8. The summed E-state index contributed by atoms with van der Waals surface area (Å²) in [5, 5.41) is 24.0. The molecule has 7 rings (SSSR count). The molecule has 2 N–H and O–H groups in total. The fourth-order valence-corrected chi connectivity index (χ4v) is 8.41. The smallest absolute Gasteiger partial charge is 0.416 e. The normalized spacial score (nSPS) is 28.3. The topological polar surface area (TPSA) is 73.2 Å². The molecule has 1 spiro atoms. The Morgan fingerprint density at radius 2 is 1.84 bits per heavy atom. The first-order valence-electron chi connectivity index (χ1n) is 15.0. The highest BCUT2D eigenvalue weighted by Gasteiger charge is 2.74. The maximum atomic E-state index is 13.5. The molecule has 228 valence electrons. The Balaban J connectivity index is 1.24. The Morgan fingerprint density at radius 3 is 2.57 bits per heavy atom. The van der Waals surface area contributed by atoms with E-state index in [1.165, 1.54) is 22.6 Å². The summed E-state index contributed by atoms with van der Waals surface area (Å²) in [7, 11) is 1.64. The molecule has 2 aliphatic heterocycles. The lowest BCUT2D eigenvalue weighted by Crippen LogP contribution is -2.81. The molecular formula is C35H33F3N2O4. The minimum Gasteiger partial charge on any atom is -0.504 e. The van der Waals surface area contributed by atoms with Crippen LogP contribution in [-0.2, 0) is 29.2 Å². The van der Waals surface area contributed by atoms with E-state index >= 15 is 0 Å². The minimum atomic E-state index is -4.46. The predicted octanol–water partition coefficient (Wildman–Crippen LogP) is 4.69. The van der Waals surface area contributed by atoms with Gasteiger partial charge in [-0.15, -0.1) is 0 Å². The second-order valence-electron chi connectivity index (χ2n) is 12.4. The number of nitrogens with zero attached hydrogens (tertiary/aromatic N) is 2. The molecule has 2 heterocycles. The number of carbonyl (C=O) groups is 1. The van der Waals surface area contributed by atoms with Crippen LogP contribution in [0.25, 0.3) is 0 Å². The number of hydrogen-bond acceptors (Lipinski definition) is 5. The quantitative estimate of drug-likeness (QED) is 0.425. The molecule has 9 heteroatoms. The van der Waals surface area contributed by atoms with Crippen LogP contribution in [0, 0.1) is 11.8 Å². The number of rotatable bonds is 4. The number of benzene rings is 3. The van der Waals surface area contributed by atoms with Gasteiger partial charge in [0.25, 0.3) is 5.91 Å². The Morgan fingerprint density at radius 1 is 1.09 bits per heavy atom. The van der Waals surface area contributed by atoms with Gasteiger partial charge in [-0.25, -0.2) is 0 Å². The van der Waals surface area contributed by atoms with E-state index in [0.29, 0.717) is 37.0 Å². The molecule has 44 heavy (non-hydrogen) atoms. The van der Waals surface area contributed by atoms with Gasteiger partial charge in [0.05, 0.1) is 17.0 Å². The molecule has 3 aromatic rings. The lowest BCUT2D eigenvalue weighted by Gasteiger charge is -2.66. The number of phenols is 1. The van der Waals surface area contributed by atoms with E-state index < -0.39 is 34.7 Å². The number of piperidine rings is 1. The van der Waals surface area contributed by atoms with Crippen LogP contribution in [0.15, 0.2) is 66.7 Å². The standard InChI is InChI=1S/C35H33F3N2O4/c1-39(30(42)16-9-23-7-11-25(12-8-23)35(36,37)38)27-14-15-29-33-18-20-40(19-17-22-5-3-2-4-6-22)28(34(27,33)43)21-24-10-13-26(41)32(44-29)31(24)33/h2-8,10-13,27-29,41,43H,14-15,17-21H2,1H3/t27-,28+,29-,33+,34+/m0/s1. The monoisotopic (exact) mass is 602 g/mol. The number of aliphatic hydroxyl groups is 1. The van der Waals surface area contributed by atoms with Crippen molar-refractivity contribution in [3.05, 3.63) is 94.5 Å². The molecule has 2 aliphatic carbocycles. The SMILES string of the molecule is CN(C(=O)C#Cc1ccc(C(F)(F)F)cc1)[C@H]1CC[C@@H]2Oc3c(O)ccc4c3[C@@]23CCN(CCc2ccccc2)[C@H](C4)[C@]13O. The zero-order valence-corrected chi connectivity index (χ0v) is 24.3. The van der Waals surface area contributed by atoms with Crippen molar-refractivity contribution in [2.24, 2.45) is 0 Å². The number of alkyl halides is 3. The van der Waals surface area contributed by atoms with Crippen molar-refractivity contribution in [1.82, 2.24) is 9.80 Å². The molecule has 5 atom stereocenters. The van der Waals surface area contributed by atoms with Crippen molar-refractivity contribution in [1.29, 1.82) is 0 Å². The predicted molar refractivity (Wildman–Crippen MR) is 157 cm³/mol. The van der Waals surface area contributed by atoms with Crippen molar-refractivity contribution >= 4 is 5.91 Å². The van der Waals surface area contributed by atoms with Crippen molar-refractivity contribution in [2.75, 3.05) is 20.1 Å². The zero-order valence-electron chi connectivity index (χ0n) is 24.3. The summed E-state index contributed by atoms with van der Waals surface area (Å²) in [6.07, 6.45) is -1.78. The van der Waals surface area contributed by atoms with Crippen molar-refractivity contribution in [3.8, 4) is 23.3 Å². The van der Waals surface area contributed by atoms with Gasteiger partial charge in [-0.1, -0.05) is 42.3 Å². The molecule has 2 fully saturated rings. The summed E-state index contributed by atoms with van der Waals surface area (Å²) in [4.78, 5) is 17.4. The zero-order chi connectivity index (χ0) is 30.9. The second kappa shape index (κ2) is 10.3. The van der Waals surface area contributed by atoms with E-state index in [-0.39, 0.29) is 17.9 Å². The van der Waals surface area contributed by atoms with Crippen LogP contribution in [0.3, 0.4) is 0 Å². The van der Waals surface area contributed by atoms with Crippen LogP contribution >= 0.6 is 0 Å². The Labute approximate surface area is 254 Å². The number of hydrogen-bond donors (Lipinski definition) is 2. The molecule has 1 amide bonds. The maximum absolute atomic E-state index is 13.5. The van der Waals surface area contributed by atoms with Crippen molar-refractivity contribution < 1.29 is 32.9 Å². The molecule has 0 unspecified atom stereocenters. The Hall–Kier alpha value is -4.00. The van der Waals surface area contributed by atoms with Crippen LogP contribution < -0.4 is 4.74 Å². The fourth-order valence-electron chi connectivity index (χ4n) is 8.41. The lowest BCUT2D eigenvalue weighted by molar-refractivity contribution is -0.216. The van der Waals surface area contributed by atoms with Gasteiger partial charge in [0.2, 0.25) is 0 Å². The number of halogens is 3. The van der Waals surface area contributed by atoms with E-state index in [2.05, 4.69) is 28.9 Å². The van der Waals surface area contributed by atoms with Crippen LogP contribution in [0.4, 0.5) is 13.2 Å². The molecule has 1 saturated carbocycles. The maximum Gasteiger partial charge on any atom is 0.416 e. The third-order valence-electron chi connectivity index (χ3n) is 10.4. The number of likely N-dealkylation sites (N-methyl/N-ethyl adjacent to an activating group) is 1. The highest BCUT2D eigenvalue weighted by molar-refractivity contribution is 5.94. The average molecular weight is 603 g/mol. The summed E-state index contributed by atoms with van der Waals surface area (Å²) in [5.41, 5.74) is 0.436. The first-order chi connectivity index (χ1) is 21.0. The molecule has 2 bridgehead atoms. The van der Waals surface area contributed by atoms with Gasteiger partial charge < -0.3 is 19.8 Å². The number of phenolic OH excluding ortho intramolecular Hbond substituents is 1. The van der Waals surface area contributed by atoms with Crippen LogP contribution in [0.1, 0.15) is 47.1 Å². The largest absolute Gasteiger partial charge is 0.504 e. The van der Waals surface area contributed by atoms with E-state index in [1.807, 2.05) is 24.3 Å². The number of carbonyl (C=O) groups excluding carboxylic acids is 1. The molecule has 1 saturated heterocycles. The second-order valence-corrected chi connectivity index (χ2v) is 12.4. The molecule has 4 aliphatic rings. The van der Waals surface area contributed by atoms with Gasteiger partial charge in [0.1, 0.15) is 11.7 Å².